The third-order valence-corrected chi connectivity index (χ3v) is 5.32. The predicted octanol–water partition coefficient (Wildman–Crippen LogP) is 4.44. The minimum absolute atomic E-state index is 0.157. The monoisotopic (exact) mass is 433 g/mol. The van der Waals surface area contributed by atoms with E-state index < -0.39 is 0 Å². The molecule has 31 heavy (non-hydrogen) atoms. The molecule has 6 nitrogen and oxygen atoms in total. The first-order chi connectivity index (χ1) is 15.0. The Labute approximate surface area is 185 Å². The highest BCUT2D eigenvalue weighted by molar-refractivity contribution is 6.36. The van der Waals surface area contributed by atoms with Crippen LogP contribution in [0.25, 0.3) is 5.57 Å². The van der Waals surface area contributed by atoms with Gasteiger partial charge in [0.15, 0.2) is 0 Å². The van der Waals surface area contributed by atoms with E-state index >= 15 is 0 Å². The van der Waals surface area contributed by atoms with E-state index in [1.807, 2.05) is 6.92 Å². The van der Waals surface area contributed by atoms with Gasteiger partial charge >= 0.3 is 0 Å². The predicted molar refractivity (Wildman–Crippen MR) is 120 cm³/mol. The van der Waals surface area contributed by atoms with Crippen LogP contribution in [0.1, 0.15) is 16.7 Å². The molecular formula is C24H20ClN3O3. The quantitative estimate of drug-likeness (QED) is 0.582. The number of amides is 2. The number of anilines is 1. The normalized spacial score (nSPS) is 13.7. The minimum atomic E-state index is -0.387. The third kappa shape index (κ3) is 4.15. The Hall–Kier alpha value is -3.64. The lowest BCUT2D eigenvalue weighted by Crippen LogP contribution is -2.32. The smallest absolute Gasteiger partial charge is 0.278 e. The highest BCUT2D eigenvalue weighted by Crippen LogP contribution is 2.33. The second-order valence-corrected chi connectivity index (χ2v) is 7.55. The summed E-state index contributed by atoms with van der Waals surface area (Å²) in [5, 5.41) is 3.77. The van der Waals surface area contributed by atoms with E-state index in [4.69, 9.17) is 16.3 Å². The number of pyridine rings is 1. The molecule has 1 N–H and O–H groups in total. The largest absolute Gasteiger partial charge is 0.497 e. The zero-order chi connectivity index (χ0) is 22.0. The number of benzene rings is 2. The SMILES string of the molecule is COc1ccc(C2=C(Nc3ccc(Cl)cc3C)C(=O)N(Cc3ccncc3)C2=O)cc1. The molecular weight excluding hydrogens is 414 g/mol. The van der Waals surface area contributed by atoms with Crippen LogP contribution in [0.15, 0.2) is 72.7 Å². The van der Waals surface area contributed by atoms with E-state index in [1.54, 1.807) is 74.1 Å². The fourth-order valence-corrected chi connectivity index (χ4v) is 3.66. The van der Waals surface area contributed by atoms with E-state index in [-0.39, 0.29) is 24.1 Å². The Morgan fingerprint density at radius 3 is 2.35 bits per heavy atom. The Kier molecular flexibility index (Phi) is 5.73. The summed E-state index contributed by atoms with van der Waals surface area (Å²) in [6.07, 6.45) is 3.27. The topological polar surface area (TPSA) is 71.5 Å². The number of ether oxygens (including phenoxy) is 1. The van der Waals surface area contributed by atoms with E-state index in [9.17, 15) is 9.59 Å². The van der Waals surface area contributed by atoms with Gasteiger partial charge in [-0.15, -0.1) is 0 Å². The molecule has 0 spiro atoms. The molecule has 1 aliphatic rings. The number of aryl methyl sites for hydroxylation is 1. The number of carbonyl (C=O) groups is 2. The molecule has 156 valence electrons. The van der Waals surface area contributed by atoms with Gasteiger partial charge in [-0.25, -0.2) is 0 Å². The summed E-state index contributed by atoms with van der Waals surface area (Å²) in [7, 11) is 1.57. The van der Waals surface area contributed by atoms with Crippen LogP contribution >= 0.6 is 11.6 Å². The molecule has 0 fully saturated rings. The molecule has 2 heterocycles. The van der Waals surface area contributed by atoms with Crippen LogP contribution in [0.5, 0.6) is 5.75 Å². The number of nitrogens with zero attached hydrogens (tertiary/aromatic N) is 2. The average Bonchev–Trinajstić information content (AvgIpc) is 3.00. The molecule has 1 aliphatic heterocycles. The van der Waals surface area contributed by atoms with Crippen LogP contribution in [0.3, 0.4) is 0 Å². The summed E-state index contributed by atoms with van der Waals surface area (Å²) in [5.74, 6) is -0.0825. The summed E-state index contributed by atoms with van der Waals surface area (Å²) in [6.45, 7) is 2.04. The molecule has 0 saturated carbocycles. The van der Waals surface area contributed by atoms with Crippen LogP contribution in [-0.2, 0) is 16.1 Å². The van der Waals surface area contributed by atoms with E-state index in [0.717, 1.165) is 11.1 Å². The fourth-order valence-electron chi connectivity index (χ4n) is 3.43. The van der Waals surface area contributed by atoms with Gasteiger partial charge in [-0.2, -0.15) is 0 Å². The Bertz CT molecular complexity index is 1170. The van der Waals surface area contributed by atoms with Crippen LogP contribution in [-0.4, -0.2) is 28.8 Å². The van der Waals surface area contributed by atoms with E-state index in [1.165, 1.54) is 4.90 Å². The van der Waals surface area contributed by atoms with Gasteiger partial charge in [-0.1, -0.05) is 23.7 Å². The zero-order valence-electron chi connectivity index (χ0n) is 17.1. The zero-order valence-corrected chi connectivity index (χ0v) is 17.8. The van der Waals surface area contributed by atoms with E-state index in [0.29, 0.717) is 27.6 Å². The molecule has 0 unspecified atom stereocenters. The number of nitrogens with one attached hydrogen (secondary N) is 1. The lowest BCUT2D eigenvalue weighted by Gasteiger charge is -2.15. The summed E-state index contributed by atoms with van der Waals surface area (Å²) in [4.78, 5) is 31.9. The molecule has 7 heteroatoms. The first-order valence-corrected chi connectivity index (χ1v) is 10.0. The van der Waals surface area contributed by atoms with Crippen molar-refractivity contribution in [3.63, 3.8) is 0 Å². The van der Waals surface area contributed by atoms with Gasteiger partial charge in [0.05, 0.1) is 19.2 Å². The van der Waals surface area contributed by atoms with Crippen LogP contribution in [0.4, 0.5) is 5.69 Å². The first kappa shape index (κ1) is 20.6. The summed E-state index contributed by atoms with van der Waals surface area (Å²) >= 11 is 6.07. The van der Waals surface area contributed by atoms with Gasteiger partial charge in [-0.3, -0.25) is 19.5 Å². The first-order valence-electron chi connectivity index (χ1n) is 9.65. The van der Waals surface area contributed by atoms with Crippen LogP contribution < -0.4 is 10.1 Å². The number of hydrogen-bond acceptors (Lipinski definition) is 5. The second kappa shape index (κ2) is 8.62. The standard InChI is InChI=1S/C24H20ClN3O3/c1-15-13-18(25)5-8-20(15)27-22-21(17-3-6-19(31-2)7-4-17)23(29)28(24(22)30)14-16-9-11-26-12-10-16/h3-13,27H,14H2,1-2H3. The van der Waals surface area contributed by atoms with Crippen molar-refractivity contribution in [3.8, 4) is 5.75 Å². The molecule has 0 bridgehead atoms. The van der Waals surface area contributed by atoms with Gasteiger partial charge in [0.2, 0.25) is 0 Å². The Morgan fingerprint density at radius 2 is 1.71 bits per heavy atom. The summed E-state index contributed by atoms with van der Waals surface area (Å²) in [5.41, 5.74) is 3.56. The van der Waals surface area contributed by atoms with E-state index in [2.05, 4.69) is 10.3 Å². The fraction of sp³-hybridized carbons (Fsp3) is 0.125. The number of halogens is 1. The molecule has 2 aromatic carbocycles. The number of imide groups is 1. The summed E-state index contributed by atoms with van der Waals surface area (Å²) < 4.78 is 5.22. The Balaban J connectivity index is 1.76. The maximum absolute atomic E-state index is 13.4. The van der Waals surface area contributed by atoms with Gasteiger partial charge < -0.3 is 10.1 Å². The molecule has 0 atom stereocenters. The van der Waals surface area contributed by atoms with Gasteiger partial charge in [0.25, 0.3) is 11.8 Å². The van der Waals surface area contributed by atoms with Crippen LogP contribution in [0.2, 0.25) is 5.02 Å². The van der Waals surface area contributed by atoms with Gasteiger partial charge in [-0.05, 0) is 66.1 Å². The van der Waals surface area contributed by atoms with Crippen molar-refractivity contribution in [2.24, 2.45) is 0 Å². The molecule has 2 amide bonds. The second-order valence-electron chi connectivity index (χ2n) is 7.11. The number of aromatic nitrogens is 1. The highest BCUT2D eigenvalue weighted by atomic mass is 35.5. The van der Waals surface area contributed by atoms with Crippen LogP contribution in [0, 0.1) is 6.92 Å². The molecule has 4 rings (SSSR count). The van der Waals surface area contributed by atoms with Crippen molar-refractivity contribution in [2.75, 3.05) is 12.4 Å². The number of carbonyl (C=O) groups excluding carboxylic acids is 2. The minimum Gasteiger partial charge on any atom is -0.497 e. The van der Waals surface area contributed by atoms with Gasteiger partial charge in [0.1, 0.15) is 11.4 Å². The van der Waals surface area contributed by atoms with Gasteiger partial charge in [0, 0.05) is 23.1 Å². The molecule has 1 aromatic heterocycles. The third-order valence-electron chi connectivity index (χ3n) is 5.08. The number of rotatable bonds is 6. The molecule has 0 aliphatic carbocycles. The molecule has 0 saturated heterocycles. The average molecular weight is 434 g/mol. The summed E-state index contributed by atoms with van der Waals surface area (Å²) in [6, 6.07) is 15.9. The van der Waals surface area contributed by atoms with Crippen molar-refractivity contribution in [2.45, 2.75) is 13.5 Å². The van der Waals surface area contributed by atoms with Crippen molar-refractivity contribution in [3.05, 3.63) is 94.4 Å². The maximum Gasteiger partial charge on any atom is 0.278 e. The van der Waals surface area contributed by atoms with Crippen molar-refractivity contribution in [1.29, 1.82) is 0 Å². The van der Waals surface area contributed by atoms with Crippen molar-refractivity contribution >= 4 is 34.7 Å². The van der Waals surface area contributed by atoms with Crippen molar-refractivity contribution < 1.29 is 14.3 Å². The lowest BCUT2D eigenvalue weighted by atomic mass is 10.0. The van der Waals surface area contributed by atoms with Crippen molar-refractivity contribution in [1.82, 2.24) is 9.88 Å². The lowest BCUT2D eigenvalue weighted by molar-refractivity contribution is -0.137. The Morgan fingerprint density at radius 1 is 1.00 bits per heavy atom. The number of hydrogen-bond donors (Lipinski definition) is 1. The number of methoxy groups -OCH3 is 1. The molecule has 3 aromatic rings. The highest BCUT2D eigenvalue weighted by Gasteiger charge is 2.39. The molecule has 0 radical (unpaired) electrons. The maximum atomic E-state index is 13.4.